The molecule has 0 radical (unpaired) electrons. The lowest BCUT2D eigenvalue weighted by molar-refractivity contribution is -0.131. The topological polar surface area (TPSA) is 145 Å². The lowest BCUT2D eigenvalue weighted by Crippen LogP contribution is -2.24. The van der Waals surface area contributed by atoms with E-state index in [2.05, 4.69) is 16.2 Å². The van der Waals surface area contributed by atoms with Gasteiger partial charge in [-0.25, -0.2) is 14.4 Å². The van der Waals surface area contributed by atoms with Crippen molar-refractivity contribution >= 4 is 18.1 Å². The number of carbonyl (C=O) groups is 3. The molecular formula is C7H13N3O5. The quantitative estimate of drug-likeness (QED) is 0.466. The molecule has 8 heteroatoms. The lowest BCUT2D eigenvalue weighted by Gasteiger charge is -1.89. The number of ether oxygens (including phenoxy) is 1. The summed E-state index contributed by atoms with van der Waals surface area (Å²) in [6, 6.07) is -0.785. The molecule has 0 aliphatic carbocycles. The van der Waals surface area contributed by atoms with Crippen molar-refractivity contribution in [1.29, 1.82) is 0 Å². The summed E-state index contributed by atoms with van der Waals surface area (Å²) >= 11 is 0. The first-order valence-corrected chi connectivity index (χ1v) is 3.77. The van der Waals surface area contributed by atoms with Crippen LogP contribution in [0.3, 0.4) is 0 Å². The van der Waals surface area contributed by atoms with Crippen molar-refractivity contribution in [2.75, 3.05) is 6.61 Å². The van der Waals surface area contributed by atoms with Crippen molar-refractivity contribution in [2.45, 2.75) is 6.92 Å². The Morgan fingerprint density at radius 2 is 1.93 bits per heavy atom. The fraction of sp³-hybridized carbons (Fsp3) is 0.286. The van der Waals surface area contributed by atoms with Crippen molar-refractivity contribution in [3.05, 3.63) is 12.3 Å². The van der Waals surface area contributed by atoms with Gasteiger partial charge in [-0.3, -0.25) is 0 Å². The van der Waals surface area contributed by atoms with Crippen LogP contribution in [0.1, 0.15) is 6.92 Å². The van der Waals surface area contributed by atoms with Crippen LogP contribution < -0.4 is 16.8 Å². The van der Waals surface area contributed by atoms with E-state index in [1.165, 1.54) is 0 Å². The summed E-state index contributed by atoms with van der Waals surface area (Å²) in [5.41, 5.74) is 9.13. The van der Waals surface area contributed by atoms with Gasteiger partial charge in [0.15, 0.2) is 0 Å². The number of carbonyl (C=O) groups excluding carboxylic acids is 2. The number of carboxylic acids is 1. The molecule has 0 heterocycles. The maximum absolute atomic E-state index is 9.85. The summed E-state index contributed by atoms with van der Waals surface area (Å²) < 4.78 is 4.18. The number of rotatable bonds is 3. The van der Waals surface area contributed by atoms with E-state index in [1.54, 1.807) is 6.92 Å². The van der Waals surface area contributed by atoms with Crippen LogP contribution in [0.2, 0.25) is 0 Å². The molecule has 0 aromatic heterocycles. The van der Waals surface area contributed by atoms with Crippen molar-refractivity contribution in [3.63, 3.8) is 0 Å². The average Bonchev–Trinajstić information content (AvgIpc) is 2.03. The summed E-state index contributed by atoms with van der Waals surface area (Å²) in [5, 5.41) is 9.90. The van der Waals surface area contributed by atoms with Crippen LogP contribution in [0.4, 0.5) is 9.59 Å². The number of primary amides is 2. The Kier molecular flexibility index (Phi) is 9.99. The Labute approximate surface area is 85.9 Å². The predicted molar refractivity (Wildman–Crippen MR) is 50.7 cm³/mol. The Morgan fingerprint density at radius 1 is 1.40 bits per heavy atom. The van der Waals surface area contributed by atoms with Gasteiger partial charge in [-0.2, -0.15) is 0 Å². The van der Waals surface area contributed by atoms with E-state index in [4.69, 9.17) is 5.11 Å². The Balaban J connectivity index is 0. The average molecular weight is 219 g/mol. The number of urea groups is 1. The summed E-state index contributed by atoms with van der Waals surface area (Å²) in [4.78, 5) is 29.1. The number of carboxylic acid groups (broad SMARTS) is 1. The zero-order chi connectivity index (χ0) is 12.3. The third kappa shape index (κ3) is 24.5. The first kappa shape index (κ1) is 15.2. The fourth-order valence-corrected chi connectivity index (χ4v) is 0.337. The standard InChI is InChI=1S/C4H6N2O3.C3H7NO2/c5-4(9)6-2-1-3(7)8;1-2-6-3(4)5/h1-2H,(H,7,8)(H3,5,6,9);2H2,1H3,(H2,4,5). The van der Waals surface area contributed by atoms with Gasteiger partial charge in [0.1, 0.15) is 0 Å². The van der Waals surface area contributed by atoms with Crippen molar-refractivity contribution < 1.29 is 24.2 Å². The Morgan fingerprint density at radius 3 is 2.13 bits per heavy atom. The highest BCUT2D eigenvalue weighted by molar-refractivity contribution is 5.81. The molecule has 0 spiro atoms. The molecule has 0 atom stereocenters. The van der Waals surface area contributed by atoms with Crippen LogP contribution >= 0.6 is 0 Å². The number of aliphatic carboxylic acids is 1. The first-order chi connectivity index (χ1) is 6.90. The van der Waals surface area contributed by atoms with E-state index in [0.717, 1.165) is 12.3 Å². The lowest BCUT2D eigenvalue weighted by atomic mass is 10.6. The monoisotopic (exact) mass is 219 g/mol. The zero-order valence-corrected chi connectivity index (χ0v) is 8.10. The molecule has 0 aliphatic rings. The fourth-order valence-electron chi connectivity index (χ4n) is 0.337. The van der Waals surface area contributed by atoms with Gasteiger partial charge in [0.05, 0.1) is 6.61 Å². The minimum Gasteiger partial charge on any atom is -0.478 e. The van der Waals surface area contributed by atoms with Crippen LogP contribution in [-0.2, 0) is 9.53 Å². The van der Waals surface area contributed by atoms with E-state index in [1.807, 2.05) is 5.32 Å². The normalized spacial score (nSPS) is 8.60. The second-order valence-electron chi connectivity index (χ2n) is 1.93. The SMILES string of the molecule is CCOC(N)=O.NC(=O)NC=CC(=O)O. The minimum absolute atomic E-state index is 0.356. The number of nitrogens with one attached hydrogen (secondary N) is 1. The predicted octanol–water partition coefficient (Wildman–Crippen LogP) is -0.645. The molecule has 8 nitrogen and oxygen atoms in total. The number of hydrogen-bond acceptors (Lipinski definition) is 4. The molecular weight excluding hydrogens is 206 g/mol. The van der Waals surface area contributed by atoms with Crippen molar-refractivity contribution in [3.8, 4) is 0 Å². The maximum atomic E-state index is 9.85. The molecule has 0 aromatic rings. The summed E-state index contributed by atoms with van der Waals surface area (Å²) in [5.74, 6) is -1.14. The Bertz CT molecular complexity index is 251. The first-order valence-electron chi connectivity index (χ1n) is 3.77. The molecule has 0 bridgehead atoms. The van der Waals surface area contributed by atoms with Crippen LogP contribution in [0, 0.1) is 0 Å². The highest BCUT2D eigenvalue weighted by Gasteiger charge is 1.85. The van der Waals surface area contributed by atoms with Gasteiger partial charge >= 0.3 is 18.1 Å². The molecule has 0 fully saturated rings. The highest BCUT2D eigenvalue weighted by Crippen LogP contribution is 1.66. The Hall–Kier alpha value is -2.25. The van der Waals surface area contributed by atoms with Gasteiger partial charge < -0.3 is 26.6 Å². The second kappa shape index (κ2) is 9.84. The maximum Gasteiger partial charge on any atom is 0.404 e. The molecule has 0 aromatic carbocycles. The summed E-state index contributed by atoms with van der Waals surface area (Å²) in [6.45, 7) is 2.06. The van der Waals surface area contributed by atoms with Crippen molar-refractivity contribution in [2.24, 2.45) is 11.5 Å². The van der Waals surface area contributed by atoms with E-state index in [9.17, 15) is 14.4 Å². The molecule has 0 saturated heterocycles. The summed E-state index contributed by atoms with van der Waals surface area (Å²) in [7, 11) is 0. The van der Waals surface area contributed by atoms with E-state index in [-0.39, 0.29) is 0 Å². The molecule has 6 N–H and O–H groups in total. The number of hydrogen-bond donors (Lipinski definition) is 4. The second-order valence-corrected chi connectivity index (χ2v) is 1.93. The van der Waals surface area contributed by atoms with Crippen LogP contribution in [0.15, 0.2) is 12.3 Å². The van der Waals surface area contributed by atoms with Gasteiger partial charge in [0.2, 0.25) is 0 Å². The highest BCUT2D eigenvalue weighted by atomic mass is 16.5. The molecule has 0 unspecified atom stereocenters. The molecule has 0 aliphatic heterocycles. The van der Waals surface area contributed by atoms with E-state index >= 15 is 0 Å². The van der Waals surface area contributed by atoms with E-state index < -0.39 is 18.1 Å². The van der Waals surface area contributed by atoms with E-state index in [0.29, 0.717) is 6.61 Å². The van der Waals surface area contributed by atoms with Crippen LogP contribution in [0.25, 0.3) is 0 Å². The third-order valence-corrected chi connectivity index (χ3v) is 0.738. The summed E-state index contributed by atoms with van der Waals surface area (Å²) in [6.07, 6.45) is 1.01. The van der Waals surface area contributed by atoms with Gasteiger partial charge in [-0.05, 0) is 6.92 Å². The van der Waals surface area contributed by atoms with Crippen molar-refractivity contribution in [1.82, 2.24) is 5.32 Å². The number of amides is 3. The van der Waals surface area contributed by atoms with Crippen LogP contribution in [-0.4, -0.2) is 29.8 Å². The molecule has 0 rings (SSSR count). The van der Waals surface area contributed by atoms with Gasteiger partial charge in [0, 0.05) is 12.3 Å². The minimum atomic E-state index is -1.14. The van der Waals surface area contributed by atoms with Crippen LogP contribution in [0.5, 0.6) is 0 Å². The third-order valence-electron chi connectivity index (χ3n) is 0.738. The molecule has 15 heavy (non-hydrogen) atoms. The molecule has 0 saturated carbocycles. The van der Waals surface area contributed by atoms with Gasteiger partial charge in [0.25, 0.3) is 0 Å². The van der Waals surface area contributed by atoms with Gasteiger partial charge in [-0.15, -0.1) is 0 Å². The smallest absolute Gasteiger partial charge is 0.404 e. The zero-order valence-electron chi connectivity index (χ0n) is 8.10. The largest absolute Gasteiger partial charge is 0.478 e. The number of nitrogens with two attached hydrogens (primary N) is 2. The molecule has 3 amide bonds. The van der Waals surface area contributed by atoms with Gasteiger partial charge in [-0.1, -0.05) is 0 Å². The molecule has 86 valence electrons.